The Morgan fingerprint density at radius 2 is 1.92 bits per heavy atom. The minimum Gasteiger partial charge on any atom is -0.346 e. The third-order valence-electron chi connectivity index (χ3n) is 1.96. The van der Waals surface area contributed by atoms with Crippen molar-refractivity contribution in [3.8, 4) is 0 Å². The standard InChI is InChI=1S/C10H9NS.Zn/c1-7-6-10(12)11-9-5-3-2-4-8(7)9;/h2-6H,1H3,(H,11,12);. The third-order valence-corrected chi connectivity index (χ3v) is 2.18. The fraction of sp³-hybridized carbons (Fsp3) is 0.100. The van der Waals surface area contributed by atoms with E-state index in [1.54, 1.807) is 0 Å². The van der Waals surface area contributed by atoms with E-state index >= 15 is 0 Å². The van der Waals surface area contributed by atoms with Gasteiger partial charge in [-0.3, -0.25) is 0 Å². The normalized spacial score (nSPS) is 9.62. The fourth-order valence-corrected chi connectivity index (χ4v) is 1.67. The van der Waals surface area contributed by atoms with E-state index in [0.717, 1.165) is 10.2 Å². The Morgan fingerprint density at radius 1 is 1.23 bits per heavy atom. The largest absolute Gasteiger partial charge is 0.346 e. The number of hydrogen-bond donors (Lipinski definition) is 1. The van der Waals surface area contributed by atoms with Crippen LogP contribution in [-0.2, 0) is 19.5 Å². The molecule has 0 aliphatic carbocycles. The van der Waals surface area contributed by atoms with E-state index in [9.17, 15) is 0 Å². The van der Waals surface area contributed by atoms with Gasteiger partial charge in [-0.1, -0.05) is 30.4 Å². The molecule has 3 heteroatoms. The molecule has 0 unspecified atom stereocenters. The van der Waals surface area contributed by atoms with Crippen molar-refractivity contribution in [3.05, 3.63) is 40.5 Å². The average Bonchev–Trinajstić information content (AvgIpc) is 2.04. The maximum atomic E-state index is 5.07. The van der Waals surface area contributed by atoms with Crippen molar-refractivity contribution < 1.29 is 19.5 Å². The molecule has 1 aromatic carbocycles. The number of aromatic amines is 1. The van der Waals surface area contributed by atoms with E-state index in [4.69, 9.17) is 12.2 Å². The monoisotopic (exact) mass is 239 g/mol. The molecule has 1 aromatic heterocycles. The molecule has 2 aromatic rings. The molecular weight excluding hydrogens is 232 g/mol. The summed E-state index contributed by atoms with van der Waals surface area (Å²) in [6.45, 7) is 2.08. The number of benzene rings is 1. The van der Waals surface area contributed by atoms with Crippen molar-refractivity contribution in [2.75, 3.05) is 0 Å². The van der Waals surface area contributed by atoms with E-state index in [1.807, 2.05) is 24.3 Å². The number of para-hydroxylation sites is 1. The first kappa shape index (κ1) is 10.6. The molecule has 62 valence electrons. The van der Waals surface area contributed by atoms with E-state index in [-0.39, 0.29) is 19.5 Å². The molecule has 0 aliphatic rings. The summed E-state index contributed by atoms with van der Waals surface area (Å²) < 4.78 is 0.797. The second-order valence-corrected chi connectivity index (χ2v) is 3.30. The van der Waals surface area contributed by atoms with Gasteiger partial charge in [0.2, 0.25) is 0 Å². The Hall–Kier alpha value is -0.527. The van der Waals surface area contributed by atoms with Crippen molar-refractivity contribution in [1.29, 1.82) is 0 Å². The van der Waals surface area contributed by atoms with Gasteiger partial charge in [-0.2, -0.15) is 0 Å². The number of nitrogens with one attached hydrogen (secondary N) is 1. The molecule has 13 heavy (non-hydrogen) atoms. The second kappa shape index (κ2) is 4.12. The van der Waals surface area contributed by atoms with Crippen LogP contribution in [0.1, 0.15) is 5.56 Å². The summed E-state index contributed by atoms with van der Waals surface area (Å²) >= 11 is 5.07. The first-order valence-electron chi connectivity index (χ1n) is 3.86. The quantitative estimate of drug-likeness (QED) is 0.552. The molecule has 0 spiro atoms. The predicted molar refractivity (Wildman–Crippen MR) is 53.9 cm³/mol. The number of pyridine rings is 1. The SMILES string of the molecule is Cc1cc(=S)[nH]c2ccccc12.[Zn]. The van der Waals surface area contributed by atoms with Crippen LogP contribution in [0, 0.1) is 11.6 Å². The van der Waals surface area contributed by atoms with Crippen LogP contribution in [0.15, 0.2) is 30.3 Å². The van der Waals surface area contributed by atoms with Gasteiger partial charge in [0, 0.05) is 30.4 Å². The Bertz CT molecular complexity index is 476. The summed E-state index contributed by atoms with van der Waals surface area (Å²) in [5.74, 6) is 0. The zero-order valence-electron chi connectivity index (χ0n) is 7.50. The molecule has 0 amide bonds. The predicted octanol–water partition coefficient (Wildman–Crippen LogP) is 3.20. The smallest absolute Gasteiger partial charge is 0.103 e. The van der Waals surface area contributed by atoms with Crippen molar-refractivity contribution in [2.45, 2.75) is 6.92 Å². The van der Waals surface area contributed by atoms with Crippen LogP contribution < -0.4 is 0 Å². The van der Waals surface area contributed by atoms with E-state index in [0.29, 0.717) is 0 Å². The number of H-pyrrole nitrogens is 1. The molecule has 0 saturated heterocycles. The maximum Gasteiger partial charge on any atom is 0.103 e. The molecule has 0 aliphatic heterocycles. The van der Waals surface area contributed by atoms with Gasteiger partial charge < -0.3 is 4.98 Å². The van der Waals surface area contributed by atoms with Crippen LogP contribution in [0.4, 0.5) is 0 Å². The Kier molecular flexibility index (Phi) is 3.35. The van der Waals surface area contributed by atoms with Gasteiger partial charge in [0.1, 0.15) is 4.64 Å². The molecule has 0 saturated carbocycles. The summed E-state index contributed by atoms with van der Waals surface area (Å²) in [7, 11) is 0. The summed E-state index contributed by atoms with van der Waals surface area (Å²) in [6, 6.07) is 10.2. The van der Waals surface area contributed by atoms with E-state index in [2.05, 4.69) is 18.0 Å². The van der Waals surface area contributed by atoms with Gasteiger partial charge in [0.05, 0.1) is 0 Å². The Labute approximate surface area is 94.9 Å². The van der Waals surface area contributed by atoms with Gasteiger partial charge in [0.25, 0.3) is 0 Å². The second-order valence-electron chi connectivity index (χ2n) is 2.86. The van der Waals surface area contributed by atoms with Crippen molar-refractivity contribution in [1.82, 2.24) is 4.98 Å². The van der Waals surface area contributed by atoms with Gasteiger partial charge in [0.15, 0.2) is 0 Å². The van der Waals surface area contributed by atoms with Crippen molar-refractivity contribution in [3.63, 3.8) is 0 Å². The van der Waals surface area contributed by atoms with Gasteiger partial charge in [-0.15, -0.1) is 0 Å². The fourth-order valence-electron chi connectivity index (χ4n) is 1.38. The molecule has 0 bridgehead atoms. The topological polar surface area (TPSA) is 15.8 Å². The molecule has 1 nitrogen and oxygen atoms in total. The Morgan fingerprint density at radius 3 is 2.69 bits per heavy atom. The average molecular weight is 241 g/mol. The number of hydrogen-bond acceptors (Lipinski definition) is 1. The van der Waals surface area contributed by atoms with Gasteiger partial charge >= 0.3 is 0 Å². The maximum absolute atomic E-state index is 5.07. The first-order chi connectivity index (χ1) is 5.77. The summed E-state index contributed by atoms with van der Waals surface area (Å²) in [5, 5.41) is 1.24. The van der Waals surface area contributed by atoms with Crippen LogP contribution in [0.5, 0.6) is 0 Å². The van der Waals surface area contributed by atoms with E-state index in [1.165, 1.54) is 10.9 Å². The molecular formula is C10H9NSZn. The van der Waals surface area contributed by atoms with Crippen molar-refractivity contribution >= 4 is 23.1 Å². The molecule has 1 N–H and O–H groups in total. The molecule has 0 radical (unpaired) electrons. The van der Waals surface area contributed by atoms with Crippen LogP contribution in [0.3, 0.4) is 0 Å². The number of rotatable bonds is 0. The number of aromatic nitrogens is 1. The minimum atomic E-state index is 0. The van der Waals surface area contributed by atoms with Gasteiger partial charge in [-0.05, 0) is 24.6 Å². The molecule has 1 heterocycles. The van der Waals surface area contributed by atoms with Crippen LogP contribution in [0.2, 0.25) is 0 Å². The van der Waals surface area contributed by atoms with Crippen LogP contribution in [0.25, 0.3) is 10.9 Å². The van der Waals surface area contributed by atoms with Crippen molar-refractivity contribution in [2.24, 2.45) is 0 Å². The first-order valence-corrected chi connectivity index (χ1v) is 4.27. The number of fused-ring (bicyclic) bond motifs is 1. The summed E-state index contributed by atoms with van der Waals surface area (Å²) in [6.07, 6.45) is 0. The van der Waals surface area contributed by atoms with Crippen LogP contribution in [-0.4, -0.2) is 4.98 Å². The molecule has 0 atom stereocenters. The summed E-state index contributed by atoms with van der Waals surface area (Å²) in [5.41, 5.74) is 2.34. The van der Waals surface area contributed by atoms with Gasteiger partial charge in [-0.25, -0.2) is 0 Å². The van der Waals surface area contributed by atoms with Crippen LogP contribution >= 0.6 is 12.2 Å². The number of aryl methyl sites for hydroxylation is 1. The van der Waals surface area contributed by atoms with E-state index < -0.39 is 0 Å². The Balaban J connectivity index is 0.000000845. The zero-order valence-corrected chi connectivity index (χ0v) is 11.3. The minimum absolute atomic E-state index is 0. The molecule has 2 rings (SSSR count). The zero-order chi connectivity index (χ0) is 8.55. The molecule has 0 fully saturated rings. The third kappa shape index (κ3) is 2.04. The summed E-state index contributed by atoms with van der Waals surface area (Å²) in [4.78, 5) is 3.15.